The number of benzene rings is 2. The Bertz CT molecular complexity index is 1190. The van der Waals surface area contributed by atoms with Gasteiger partial charge in [0.15, 0.2) is 5.69 Å². The minimum atomic E-state index is -1.06. The molecule has 0 saturated heterocycles. The first-order valence-electron chi connectivity index (χ1n) is 13.9. The minimum absolute atomic E-state index is 0.0348. The zero-order valence-electron chi connectivity index (χ0n) is 22.6. The van der Waals surface area contributed by atoms with Crippen molar-refractivity contribution in [2.45, 2.75) is 91.4 Å². The summed E-state index contributed by atoms with van der Waals surface area (Å²) in [7, 11) is 0. The number of aromatic carboxylic acids is 1. The number of fused-ring (bicyclic) bond motifs is 3. The SMILES string of the molecule is CC(C)(C)CCCCCCCCCCCOc1ccc2c(c1-n1nncc1C(=O)O)Cc1ccccc1-2. The minimum Gasteiger partial charge on any atom is -0.491 e. The van der Waals surface area contributed by atoms with Crippen molar-refractivity contribution in [3.05, 3.63) is 59.4 Å². The van der Waals surface area contributed by atoms with Gasteiger partial charge in [-0.15, -0.1) is 5.10 Å². The summed E-state index contributed by atoms with van der Waals surface area (Å²) in [4.78, 5) is 11.8. The molecule has 0 spiro atoms. The molecule has 0 amide bonds. The van der Waals surface area contributed by atoms with Gasteiger partial charge < -0.3 is 9.84 Å². The van der Waals surface area contributed by atoms with Gasteiger partial charge in [-0.3, -0.25) is 0 Å². The van der Waals surface area contributed by atoms with Gasteiger partial charge in [0.1, 0.15) is 11.4 Å². The van der Waals surface area contributed by atoms with Crippen LogP contribution < -0.4 is 4.74 Å². The molecule has 3 aromatic rings. The highest BCUT2D eigenvalue weighted by Gasteiger charge is 2.27. The summed E-state index contributed by atoms with van der Waals surface area (Å²) in [5, 5.41) is 17.7. The standard InChI is InChI=1S/C31H41N3O3/c1-31(2,3)19-13-9-7-5-4-6-8-10-14-20-37-28-18-17-25-24-16-12-11-15-23(24)21-26(25)29(28)34-27(30(35)36)22-32-33-34/h11-12,15-18,22H,4-10,13-14,19-21H2,1-3H3,(H,35,36). The number of carboxylic acids is 1. The average molecular weight is 504 g/mol. The molecule has 0 aliphatic heterocycles. The number of nitrogens with zero attached hydrogens (tertiary/aromatic N) is 3. The smallest absolute Gasteiger partial charge is 0.356 e. The van der Waals surface area contributed by atoms with Crippen LogP contribution in [0.1, 0.15) is 107 Å². The molecule has 6 nitrogen and oxygen atoms in total. The van der Waals surface area contributed by atoms with E-state index in [-0.39, 0.29) is 5.69 Å². The Hall–Kier alpha value is -3.15. The van der Waals surface area contributed by atoms with Crippen LogP contribution in [0.25, 0.3) is 16.8 Å². The van der Waals surface area contributed by atoms with Crippen molar-refractivity contribution in [2.24, 2.45) is 5.41 Å². The number of hydrogen-bond acceptors (Lipinski definition) is 4. The summed E-state index contributed by atoms with van der Waals surface area (Å²) >= 11 is 0. The van der Waals surface area contributed by atoms with E-state index in [1.165, 1.54) is 73.4 Å². The molecule has 37 heavy (non-hydrogen) atoms. The van der Waals surface area contributed by atoms with Gasteiger partial charge in [0.25, 0.3) is 0 Å². The molecule has 0 unspecified atom stereocenters. The summed E-state index contributed by atoms with van der Waals surface area (Å²) in [6.07, 6.45) is 14.7. The Kier molecular flexibility index (Phi) is 9.01. The molecular formula is C31H41N3O3. The third-order valence-electron chi connectivity index (χ3n) is 7.23. The van der Waals surface area contributed by atoms with Gasteiger partial charge in [-0.05, 0) is 46.6 Å². The zero-order valence-corrected chi connectivity index (χ0v) is 22.6. The molecule has 1 aliphatic carbocycles. The van der Waals surface area contributed by atoms with Gasteiger partial charge in [0.05, 0.1) is 12.8 Å². The monoisotopic (exact) mass is 503 g/mol. The second-order valence-corrected chi connectivity index (χ2v) is 11.4. The second-order valence-electron chi connectivity index (χ2n) is 11.4. The van der Waals surface area contributed by atoms with Gasteiger partial charge in [-0.25, -0.2) is 9.48 Å². The normalized spacial score (nSPS) is 12.4. The molecular weight excluding hydrogens is 462 g/mol. The average Bonchev–Trinajstić information content (AvgIpc) is 3.49. The van der Waals surface area contributed by atoms with Crippen LogP contribution in [0, 0.1) is 5.41 Å². The fourth-order valence-corrected chi connectivity index (χ4v) is 5.25. The Morgan fingerprint density at radius 3 is 2.30 bits per heavy atom. The van der Waals surface area contributed by atoms with Gasteiger partial charge in [-0.1, -0.05) is 108 Å². The maximum atomic E-state index is 11.8. The molecule has 0 bridgehead atoms. The van der Waals surface area contributed by atoms with Crippen molar-refractivity contribution in [3.8, 4) is 22.6 Å². The van der Waals surface area contributed by atoms with E-state index >= 15 is 0 Å². The highest BCUT2D eigenvalue weighted by atomic mass is 16.5. The van der Waals surface area contributed by atoms with Gasteiger partial charge in [0, 0.05) is 6.42 Å². The lowest BCUT2D eigenvalue weighted by atomic mass is 9.89. The molecule has 0 radical (unpaired) electrons. The summed E-state index contributed by atoms with van der Waals surface area (Å²) in [6.45, 7) is 7.57. The van der Waals surface area contributed by atoms with E-state index in [1.807, 2.05) is 18.2 Å². The van der Waals surface area contributed by atoms with Crippen LogP contribution in [0.15, 0.2) is 42.6 Å². The second kappa shape index (κ2) is 12.4. The quantitative estimate of drug-likeness (QED) is 0.177. The molecule has 0 saturated carbocycles. The predicted octanol–water partition coefficient (Wildman–Crippen LogP) is 7.86. The largest absolute Gasteiger partial charge is 0.491 e. The predicted molar refractivity (Wildman–Crippen MR) is 148 cm³/mol. The maximum absolute atomic E-state index is 11.8. The molecule has 2 aromatic carbocycles. The van der Waals surface area contributed by atoms with Crippen molar-refractivity contribution in [1.82, 2.24) is 15.0 Å². The van der Waals surface area contributed by atoms with Crippen molar-refractivity contribution >= 4 is 5.97 Å². The van der Waals surface area contributed by atoms with Crippen LogP contribution in [0.2, 0.25) is 0 Å². The van der Waals surface area contributed by atoms with Crippen LogP contribution in [0.3, 0.4) is 0 Å². The number of rotatable bonds is 14. The van der Waals surface area contributed by atoms with E-state index in [0.717, 1.165) is 24.0 Å². The summed E-state index contributed by atoms with van der Waals surface area (Å²) in [5.41, 5.74) is 5.72. The lowest BCUT2D eigenvalue weighted by Gasteiger charge is -2.17. The third kappa shape index (κ3) is 7.00. The number of hydrogen-bond donors (Lipinski definition) is 1. The topological polar surface area (TPSA) is 77.2 Å². The molecule has 1 aliphatic rings. The van der Waals surface area contributed by atoms with Crippen LogP contribution >= 0.6 is 0 Å². The van der Waals surface area contributed by atoms with Gasteiger partial charge >= 0.3 is 5.97 Å². The molecule has 4 rings (SSSR count). The van der Waals surface area contributed by atoms with E-state index in [1.54, 1.807) is 0 Å². The van der Waals surface area contributed by atoms with Gasteiger partial charge in [0.2, 0.25) is 0 Å². The van der Waals surface area contributed by atoms with E-state index in [2.05, 4.69) is 49.3 Å². The molecule has 1 aromatic heterocycles. The van der Waals surface area contributed by atoms with Crippen molar-refractivity contribution in [2.75, 3.05) is 6.61 Å². The number of carboxylic acid groups (broad SMARTS) is 1. The fourth-order valence-electron chi connectivity index (χ4n) is 5.25. The zero-order chi connectivity index (χ0) is 26.3. The highest BCUT2D eigenvalue weighted by molar-refractivity contribution is 5.87. The lowest BCUT2D eigenvalue weighted by Crippen LogP contribution is -2.12. The fraction of sp³-hybridized carbons (Fsp3) is 0.516. The molecule has 1 N–H and O–H groups in total. The maximum Gasteiger partial charge on any atom is 0.356 e. The van der Waals surface area contributed by atoms with E-state index in [9.17, 15) is 9.90 Å². The van der Waals surface area contributed by atoms with Crippen LogP contribution in [0.4, 0.5) is 0 Å². The number of ether oxygens (including phenoxy) is 1. The van der Waals surface area contributed by atoms with Crippen molar-refractivity contribution in [1.29, 1.82) is 0 Å². The number of aromatic nitrogens is 3. The van der Waals surface area contributed by atoms with E-state index in [0.29, 0.717) is 29.9 Å². The van der Waals surface area contributed by atoms with Gasteiger partial charge in [-0.2, -0.15) is 0 Å². The summed E-state index contributed by atoms with van der Waals surface area (Å²) < 4.78 is 7.66. The number of unbranched alkanes of at least 4 members (excludes halogenated alkanes) is 8. The Morgan fingerprint density at radius 1 is 0.919 bits per heavy atom. The summed E-state index contributed by atoms with van der Waals surface area (Å²) in [6, 6.07) is 12.3. The summed E-state index contributed by atoms with van der Waals surface area (Å²) in [5.74, 6) is -0.395. The van der Waals surface area contributed by atoms with Crippen LogP contribution in [-0.2, 0) is 6.42 Å². The first kappa shape index (κ1) is 26.9. The van der Waals surface area contributed by atoms with Crippen molar-refractivity contribution in [3.63, 3.8) is 0 Å². The highest BCUT2D eigenvalue weighted by Crippen LogP contribution is 2.43. The third-order valence-corrected chi connectivity index (χ3v) is 7.23. The molecule has 198 valence electrons. The van der Waals surface area contributed by atoms with E-state index < -0.39 is 5.97 Å². The molecule has 1 heterocycles. The first-order chi connectivity index (χ1) is 17.8. The Labute approximate surface area is 221 Å². The number of carbonyl (C=O) groups is 1. The van der Waals surface area contributed by atoms with Crippen LogP contribution in [-0.4, -0.2) is 32.7 Å². The van der Waals surface area contributed by atoms with E-state index in [4.69, 9.17) is 4.74 Å². The first-order valence-corrected chi connectivity index (χ1v) is 13.9. The molecule has 6 heteroatoms. The molecule has 0 atom stereocenters. The Balaban J connectivity index is 1.30. The lowest BCUT2D eigenvalue weighted by molar-refractivity contribution is 0.0687. The molecule has 0 fully saturated rings. The van der Waals surface area contributed by atoms with Crippen LogP contribution in [0.5, 0.6) is 5.75 Å². The Morgan fingerprint density at radius 2 is 1.59 bits per heavy atom. The van der Waals surface area contributed by atoms with Crippen molar-refractivity contribution < 1.29 is 14.6 Å².